The van der Waals surface area contributed by atoms with Crippen LogP contribution in [0.3, 0.4) is 0 Å². The molecule has 3 rings (SSSR count). The topological polar surface area (TPSA) is 72.6 Å². The van der Waals surface area contributed by atoms with Crippen LogP contribution in [0.4, 0.5) is 10.1 Å². The minimum Gasteiger partial charge on any atom is -0.398 e. The molecular weight excluding hydrogens is 295 g/mol. The molecule has 0 bridgehead atoms. The summed E-state index contributed by atoms with van der Waals surface area (Å²) in [6.07, 6.45) is 2.57. The largest absolute Gasteiger partial charge is 0.398 e. The van der Waals surface area contributed by atoms with Gasteiger partial charge in [-0.1, -0.05) is 0 Å². The second kappa shape index (κ2) is 5.23. The molecule has 7 heteroatoms. The lowest BCUT2D eigenvalue weighted by molar-refractivity contribution is -0.0241. The number of benzene rings is 1. The molecule has 21 heavy (non-hydrogen) atoms. The van der Waals surface area contributed by atoms with Gasteiger partial charge in [0.15, 0.2) is 0 Å². The van der Waals surface area contributed by atoms with Gasteiger partial charge in [0.05, 0.1) is 23.6 Å². The van der Waals surface area contributed by atoms with E-state index in [0.29, 0.717) is 13.2 Å². The maximum absolute atomic E-state index is 13.8. The van der Waals surface area contributed by atoms with E-state index in [-0.39, 0.29) is 28.3 Å². The first-order chi connectivity index (χ1) is 9.91. The van der Waals surface area contributed by atoms with Crippen LogP contribution in [0.25, 0.3) is 0 Å². The Morgan fingerprint density at radius 2 is 2.14 bits per heavy atom. The highest BCUT2D eigenvalue weighted by Crippen LogP contribution is 2.34. The number of sulfonamides is 1. The zero-order chi connectivity index (χ0) is 15.2. The Hall–Kier alpha value is -1.18. The summed E-state index contributed by atoms with van der Waals surface area (Å²) in [6, 6.07) is 2.25. The zero-order valence-corrected chi connectivity index (χ0v) is 12.7. The number of halogens is 1. The molecular formula is C14H19FN2O3S. The first kappa shape index (κ1) is 14.7. The quantitative estimate of drug-likeness (QED) is 0.843. The highest BCUT2D eigenvalue weighted by atomic mass is 32.2. The van der Waals surface area contributed by atoms with Gasteiger partial charge in [0.1, 0.15) is 5.82 Å². The number of morpholine rings is 1. The highest BCUT2D eigenvalue weighted by Gasteiger charge is 2.42. The Bertz CT molecular complexity index is 639. The second-order valence-corrected chi connectivity index (χ2v) is 7.53. The number of ether oxygens (including phenoxy) is 1. The fourth-order valence-electron chi connectivity index (χ4n) is 3.15. The minimum atomic E-state index is -3.74. The van der Waals surface area contributed by atoms with Crippen LogP contribution in [0, 0.1) is 12.7 Å². The molecule has 1 aromatic carbocycles. The lowest BCUT2D eigenvalue weighted by Crippen LogP contribution is -2.51. The van der Waals surface area contributed by atoms with Crippen molar-refractivity contribution in [1.29, 1.82) is 0 Å². The summed E-state index contributed by atoms with van der Waals surface area (Å²) < 4.78 is 46.5. The molecule has 1 heterocycles. The number of nitrogens with two attached hydrogens (primary N) is 1. The molecule has 1 saturated carbocycles. The molecule has 2 fully saturated rings. The molecule has 1 aliphatic heterocycles. The molecule has 1 saturated heterocycles. The predicted octanol–water partition coefficient (Wildman–Crippen LogP) is 1.66. The molecule has 2 N–H and O–H groups in total. The summed E-state index contributed by atoms with van der Waals surface area (Å²) in [5.41, 5.74) is 6.14. The lowest BCUT2D eigenvalue weighted by Gasteiger charge is -2.36. The van der Waals surface area contributed by atoms with Crippen LogP contribution in [-0.4, -0.2) is 38.0 Å². The SMILES string of the molecule is Cc1c(N)cc(S(=O)(=O)N2CCOC3CCCC32)cc1F. The molecule has 0 spiro atoms. The first-order valence-electron chi connectivity index (χ1n) is 7.10. The third kappa shape index (κ3) is 2.43. The monoisotopic (exact) mass is 314 g/mol. The van der Waals surface area contributed by atoms with E-state index in [9.17, 15) is 12.8 Å². The van der Waals surface area contributed by atoms with E-state index in [4.69, 9.17) is 10.5 Å². The van der Waals surface area contributed by atoms with Crippen LogP contribution in [0.1, 0.15) is 24.8 Å². The van der Waals surface area contributed by atoms with Crippen LogP contribution in [-0.2, 0) is 14.8 Å². The molecule has 2 unspecified atom stereocenters. The van der Waals surface area contributed by atoms with Crippen molar-refractivity contribution in [3.8, 4) is 0 Å². The summed E-state index contributed by atoms with van der Waals surface area (Å²) in [6.45, 7) is 2.21. The van der Waals surface area contributed by atoms with Gasteiger partial charge in [-0.25, -0.2) is 12.8 Å². The maximum atomic E-state index is 13.8. The molecule has 2 aliphatic rings. The minimum absolute atomic E-state index is 0.0406. The number of fused-ring (bicyclic) bond motifs is 1. The molecule has 2 atom stereocenters. The van der Waals surface area contributed by atoms with E-state index in [0.717, 1.165) is 25.3 Å². The predicted molar refractivity (Wildman–Crippen MR) is 76.8 cm³/mol. The number of nitrogen functional groups attached to an aromatic ring is 1. The molecule has 116 valence electrons. The van der Waals surface area contributed by atoms with Crippen molar-refractivity contribution >= 4 is 15.7 Å². The van der Waals surface area contributed by atoms with Crippen molar-refractivity contribution in [3.63, 3.8) is 0 Å². The molecule has 1 aliphatic carbocycles. The van der Waals surface area contributed by atoms with Crippen molar-refractivity contribution < 1.29 is 17.5 Å². The summed E-state index contributed by atoms with van der Waals surface area (Å²) in [4.78, 5) is -0.0735. The van der Waals surface area contributed by atoms with E-state index < -0.39 is 15.8 Å². The van der Waals surface area contributed by atoms with Crippen LogP contribution in [0.5, 0.6) is 0 Å². The molecule has 0 amide bonds. The normalized spacial score (nSPS) is 26.8. The molecule has 1 aromatic rings. The van der Waals surface area contributed by atoms with Crippen molar-refractivity contribution in [3.05, 3.63) is 23.5 Å². The summed E-state index contributed by atoms with van der Waals surface area (Å²) in [5.74, 6) is -0.593. The molecule has 0 radical (unpaired) electrons. The third-order valence-corrected chi connectivity index (χ3v) is 6.30. The van der Waals surface area contributed by atoms with Crippen molar-refractivity contribution in [1.82, 2.24) is 4.31 Å². The van der Waals surface area contributed by atoms with Gasteiger partial charge >= 0.3 is 0 Å². The van der Waals surface area contributed by atoms with Gasteiger partial charge in [-0.2, -0.15) is 4.31 Å². The van der Waals surface area contributed by atoms with E-state index in [1.54, 1.807) is 0 Å². The Kier molecular flexibility index (Phi) is 3.67. The average Bonchev–Trinajstić information content (AvgIpc) is 2.92. The van der Waals surface area contributed by atoms with Gasteiger partial charge < -0.3 is 10.5 Å². The highest BCUT2D eigenvalue weighted by molar-refractivity contribution is 7.89. The van der Waals surface area contributed by atoms with Gasteiger partial charge in [0.2, 0.25) is 10.0 Å². The summed E-state index contributed by atoms with van der Waals surface area (Å²) >= 11 is 0. The lowest BCUT2D eigenvalue weighted by atomic mass is 10.2. The second-order valence-electron chi connectivity index (χ2n) is 5.64. The smallest absolute Gasteiger partial charge is 0.243 e. The Morgan fingerprint density at radius 1 is 1.38 bits per heavy atom. The summed E-state index contributed by atoms with van der Waals surface area (Å²) in [5, 5.41) is 0. The molecule has 5 nitrogen and oxygen atoms in total. The van der Waals surface area contributed by atoms with Crippen molar-refractivity contribution in [2.45, 2.75) is 43.2 Å². The van der Waals surface area contributed by atoms with E-state index in [2.05, 4.69) is 0 Å². The van der Waals surface area contributed by atoms with E-state index in [1.807, 2.05) is 0 Å². The first-order valence-corrected chi connectivity index (χ1v) is 8.54. The fraction of sp³-hybridized carbons (Fsp3) is 0.571. The van der Waals surface area contributed by atoms with Gasteiger partial charge in [-0.15, -0.1) is 0 Å². The number of nitrogens with zero attached hydrogens (tertiary/aromatic N) is 1. The van der Waals surface area contributed by atoms with Crippen molar-refractivity contribution in [2.75, 3.05) is 18.9 Å². The number of hydrogen-bond donors (Lipinski definition) is 1. The Balaban J connectivity index is 2.00. The van der Waals surface area contributed by atoms with Gasteiger partial charge in [0, 0.05) is 17.8 Å². The number of anilines is 1. The fourth-order valence-corrected chi connectivity index (χ4v) is 4.86. The standard InChI is InChI=1S/C14H19FN2O3S/c1-9-11(15)7-10(8-12(9)16)21(18,19)17-5-6-20-14-4-2-3-13(14)17/h7-8,13-14H,2-6,16H2,1H3. The van der Waals surface area contributed by atoms with Crippen LogP contribution in [0.15, 0.2) is 17.0 Å². The van der Waals surface area contributed by atoms with Crippen LogP contribution in [0.2, 0.25) is 0 Å². The maximum Gasteiger partial charge on any atom is 0.243 e. The average molecular weight is 314 g/mol. The Labute approximate surface area is 123 Å². The van der Waals surface area contributed by atoms with Crippen LogP contribution < -0.4 is 5.73 Å². The van der Waals surface area contributed by atoms with Gasteiger partial charge in [-0.05, 0) is 38.3 Å². The van der Waals surface area contributed by atoms with E-state index in [1.165, 1.54) is 17.3 Å². The molecule has 0 aromatic heterocycles. The van der Waals surface area contributed by atoms with Crippen LogP contribution >= 0.6 is 0 Å². The van der Waals surface area contributed by atoms with E-state index >= 15 is 0 Å². The van der Waals surface area contributed by atoms with Gasteiger partial charge in [0.25, 0.3) is 0 Å². The number of hydrogen-bond acceptors (Lipinski definition) is 4. The summed E-state index contributed by atoms with van der Waals surface area (Å²) in [7, 11) is -3.74. The third-order valence-electron chi connectivity index (χ3n) is 4.40. The van der Waals surface area contributed by atoms with Crippen molar-refractivity contribution in [2.24, 2.45) is 0 Å². The van der Waals surface area contributed by atoms with Gasteiger partial charge in [-0.3, -0.25) is 0 Å². The zero-order valence-electron chi connectivity index (χ0n) is 11.9. The number of rotatable bonds is 2. The Morgan fingerprint density at radius 3 is 2.86 bits per heavy atom.